The monoisotopic (exact) mass is 234 g/mol. The number of rotatable bonds is 6. The first-order valence-electron chi connectivity index (χ1n) is 6.17. The minimum atomic E-state index is 0.0448. The van der Waals surface area contributed by atoms with Crippen LogP contribution in [0.1, 0.15) is 30.9 Å². The lowest BCUT2D eigenvalue weighted by molar-refractivity contribution is -0.124. The van der Waals surface area contributed by atoms with E-state index >= 15 is 0 Å². The van der Waals surface area contributed by atoms with Crippen LogP contribution in [0.2, 0.25) is 0 Å². The zero-order valence-electron chi connectivity index (χ0n) is 10.7. The molecule has 0 radical (unpaired) electrons. The Bertz CT molecular complexity index is 363. The summed E-state index contributed by atoms with van der Waals surface area (Å²) in [5.41, 5.74) is 7.79. The van der Waals surface area contributed by atoms with Crippen LogP contribution in [-0.4, -0.2) is 12.5 Å². The van der Waals surface area contributed by atoms with E-state index in [4.69, 9.17) is 5.73 Å². The molecule has 94 valence electrons. The van der Waals surface area contributed by atoms with Gasteiger partial charge >= 0.3 is 0 Å². The number of benzene rings is 1. The molecule has 0 fully saturated rings. The third-order valence-electron chi connectivity index (χ3n) is 2.84. The molecule has 0 aliphatic rings. The number of nitrogens with one attached hydrogen (secondary N) is 1. The smallest absolute Gasteiger partial charge is 0.223 e. The van der Waals surface area contributed by atoms with Crippen molar-refractivity contribution in [3.8, 4) is 0 Å². The Labute approximate surface area is 103 Å². The molecular weight excluding hydrogens is 212 g/mol. The highest BCUT2D eigenvalue weighted by Crippen LogP contribution is 2.07. The van der Waals surface area contributed by atoms with E-state index in [0.717, 1.165) is 18.4 Å². The summed E-state index contributed by atoms with van der Waals surface area (Å²) < 4.78 is 0. The second-order valence-corrected chi connectivity index (χ2v) is 4.54. The summed E-state index contributed by atoms with van der Waals surface area (Å²) in [7, 11) is 0. The van der Waals surface area contributed by atoms with E-state index in [2.05, 4.69) is 24.4 Å². The molecule has 3 nitrogen and oxygen atoms in total. The first-order chi connectivity index (χ1) is 8.13. The normalized spacial score (nSPS) is 12.2. The lowest BCUT2D eigenvalue weighted by Gasteiger charge is -2.11. The second kappa shape index (κ2) is 7.07. The third kappa shape index (κ3) is 5.00. The fourth-order valence-corrected chi connectivity index (χ4v) is 1.74. The van der Waals surface area contributed by atoms with Crippen molar-refractivity contribution in [1.29, 1.82) is 0 Å². The molecule has 17 heavy (non-hydrogen) atoms. The predicted molar refractivity (Wildman–Crippen MR) is 70.5 cm³/mol. The molecule has 3 heteroatoms. The van der Waals surface area contributed by atoms with Crippen molar-refractivity contribution in [3.05, 3.63) is 35.4 Å². The number of nitrogens with two attached hydrogens (primary N) is 1. The molecule has 1 atom stereocenters. The van der Waals surface area contributed by atoms with Crippen LogP contribution in [0.3, 0.4) is 0 Å². The van der Waals surface area contributed by atoms with E-state index in [1.54, 1.807) is 0 Å². The van der Waals surface area contributed by atoms with Crippen LogP contribution in [0.4, 0.5) is 0 Å². The van der Waals surface area contributed by atoms with Crippen LogP contribution in [0.5, 0.6) is 0 Å². The lowest BCUT2D eigenvalue weighted by Crippen LogP contribution is -2.29. The quantitative estimate of drug-likeness (QED) is 0.791. The van der Waals surface area contributed by atoms with Gasteiger partial charge in [0.05, 0.1) is 0 Å². The highest BCUT2D eigenvalue weighted by atomic mass is 16.1. The van der Waals surface area contributed by atoms with Crippen LogP contribution in [0.25, 0.3) is 0 Å². The van der Waals surface area contributed by atoms with E-state index < -0.39 is 0 Å². The molecular formula is C14H22N2O. The van der Waals surface area contributed by atoms with E-state index in [-0.39, 0.29) is 11.8 Å². The minimum Gasteiger partial charge on any atom is -0.352 e. The zero-order chi connectivity index (χ0) is 12.7. The summed E-state index contributed by atoms with van der Waals surface area (Å²) in [5.74, 6) is 0.156. The van der Waals surface area contributed by atoms with Crippen LogP contribution in [0.15, 0.2) is 24.3 Å². The molecule has 1 amide bonds. The molecule has 3 N–H and O–H groups in total. The summed E-state index contributed by atoms with van der Waals surface area (Å²) >= 11 is 0. The molecule has 0 spiro atoms. The summed E-state index contributed by atoms with van der Waals surface area (Å²) in [5, 5.41) is 2.96. The van der Waals surface area contributed by atoms with Crippen molar-refractivity contribution >= 4 is 5.91 Å². The molecule has 1 unspecified atom stereocenters. The highest BCUT2D eigenvalue weighted by Gasteiger charge is 2.11. The SMILES string of the molecule is Cc1cccc(CNC(=O)C(C)CCCN)c1. The van der Waals surface area contributed by atoms with Crippen molar-refractivity contribution < 1.29 is 4.79 Å². The van der Waals surface area contributed by atoms with Crippen LogP contribution in [-0.2, 0) is 11.3 Å². The molecule has 1 rings (SSSR count). The summed E-state index contributed by atoms with van der Waals surface area (Å²) in [6, 6.07) is 8.17. The van der Waals surface area contributed by atoms with E-state index in [9.17, 15) is 4.79 Å². The van der Waals surface area contributed by atoms with Gasteiger partial charge in [-0.2, -0.15) is 0 Å². The van der Waals surface area contributed by atoms with Crippen molar-refractivity contribution in [1.82, 2.24) is 5.32 Å². The highest BCUT2D eigenvalue weighted by molar-refractivity contribution is 5.78. The maximum atomic E-state index is 11.8. The molecule has 0 saturated carbocycles. The van der Waals surface area contributed by atoms with Gasteiger partial charge in [0.1, 0.15) is 0 Å². The standard InChI is InChI=1S/C14H22N2O/c1-11-5-3-7-13(9-11)10-16-14(17)12(2)6-4-8-15/h3,5,7,9,12H,4,6,8,10,15H2,1-2H3,(H,16,17). The molecule has 1 aromatic rings. The number of carbonyl (C=O) groups is 1. The first kappa shape index (κ1) is 13.7. The maximum Gasteiger partial charge on any atom is 0.223 e. The Balaban J connectivity index is 2.37. The minimum absolute atomic E-state index is 0.0448. The van der Waals surface area contributed by atoms with Gasteiger partial charge in [-0.3, -0.25) is 4.79 Å². The van der Waals surface area contributed by atoms with Gasteiger partial charge in [0.15, 0.2) is 0 Å². The van der Waals surface area contributed by atoms with E-state index in [0.29, 0.717) is 13.1 Å². The molecule has 1 aromatic carbocycles. The van der Waals surface area contributed by atoms with Gasteiger partial charge in [0, 0.05) is 12.5 Å². The van der Waals surface area contributed by atoms with Gasteiger partial charge < -0.3 is 11.1 Å². The van der Waals surface area contributed by atoms with Crippen LogP contribution >= 0.6 is 0 Å². The van der Waals surface area contributed by atoms with Crippen molar-refractivity contribution in [2.24, 2.45) is 11.7 Å². The number of carbonyl (C=O) groups excluding carboxylic acids is 1. The Morgan fingerprint density at radius 2 is 2.24 bits per heavy atom. The topological polar surface area (TPSA) is 55.1 Å². The molecule has 0 heterocycles. The number of hydrogen-bond acceptors (Lipinski definition) is 2. The van der Waals surface area contributed by atoms with Crippen molar-refractivity contribution in [2.75, 3.05) is 6.54 Å². The Morgan fingerprint density at radius 1 is 1.47 bits per heavy atom. The second-order valence-electron chi connectivity index (χ2n) is 4.54. The summed E-state index contributed by atoms with van der Waals surface area (Å²) in [6.07, 6.45) is 1.76. The average Bonchev–Trinajstić information content (AvgIpc) is 2.33. The van der Waals surface area contributed by atoms with E-state index in [1.165, 1.54) is 5.56 Å². The molecule has 0 aliphatic heterocycles. The summed E-state index contributed by atoms with van der Waals surface area (Å²) in [4.78, 5) is 11.8. The molecule has 0 aromatic heterocycles. The predicted octanol–water partition coefficient (Wildman–Crippen LogP) is 1.99. The third-order valence-corrected chi connectivity index (χ3v) is 2.84. The summed E-state index contributed by atoms with van der Waals surface area (Å²) in [6.45, 7) is 5.25. The fraction of sp³-hybridized carbons (Fsp3) is 0.500. The number of amides is 1. The van der Waals surface area contributed by atoms with Gasteiger partial charge in [0.2, 0.25) is 5.91 Å². The molecule has 0 saturated heterocycles. The van der Waals surface area contributed by atoms with Gasteiger partial charge in [-0.25, -0.2) is 0 Å². The van der Waals surface area contributed by atoms with Crippen molar-refractivity contribution in [3.63, 3.8) is 0 Å². The van der Waals surface area contributed by atoms with Crippen LogP contribution in [0, 0.1) is 12.8 Å². The maximum absolute atomic E-state index is 11.8. The largest absolute Gasteiger partial charge is 0.352 e. The average molecular weight is 234 g/mol. The Kier molecular flexibility index (Phi) is 5.70. The Hall–Kier alpha value is -1.35. The molecule has 0 aliphatic carbocycles. The van der Waals surface area contributed by atoms with E-state index in [1.807, 2.05) is 19.1 Å². The van der Waals surface area contributed by atoms with Gasteiger partial charge in [-0.15, -0.1) is 0 Å². The molecule has 0 bridgehead atoms. The Morgan fingerprint density at radius 3 is 2.88 bits per heavy atom. The fourth-order valence-electron chi connectivity index (χ4n) is 1.74. The van der Waals surface area contributed by atoms with Crippen molar-refractivity contribution in [2.45, 2.75) is 33.2 Å². The lowest BCUT2D eigenvalue weighted by atomic mass is 10.0. The number of hydrogen-bond donors (Lipinski definition) is 2. The van der Waals surface area contributed by atoms with Gasteiger partial charge in [-0.05, 0) is 31.9 Å². The number of aryl methyl sites for hydroxylation is 1. The first-order valence-corrected chi connectivity index (χ1v) is 6.17. The van der Waals surface area contributed by atoms with Gasteiger partial charge in [0.25, 0.3) is 0 Å². The van der Waals surface area contributed by atoms with Gasteiger partial charge in [-0.1, -0.05) is 36.8 Å². The van der Waals surface area contributed by atoms with Crippen LogP contribution < -0.4 is 11.1 Å². The zero-order valence-corrected chi connectivity index (χ0v) is 10.7.